The maximum atomic E-state index is 11.7. The zero-order chi connectivity index (χ0) is 13.8. The van der Waals surface area contributed by atoms with Gasteiger partial charge in [-0.3, -0.25) is 4.79 Å². The van der Waals surface area contributed by atoms with Crippen molar-refractivity contribution in [3.05, 3.63) is 24.3 Å². The quantitative estimate of drug-likeness (QED) is 0.781. The summed E-state index contributed by atoms with van der Waals surface area (Å²) in [6, 6.07) is 5.51. The van der Waals surface area contributed by atoms with E-state index in [2.05, 4.69) is 5.32 Å². The molecular formula is C11H12NO5S-. The van der Waals surface area contributed by atoms with Crippen molar-refractivity contribution in [3.8, 4) is 0 Å². The number of hydrogen-bond acceptors (Lipinski definition) is 5. The average Bonchev–Trinajstić information content (AvgIpc) is 2.26. The Bertz CT molecular complexity index is 547. The zero-order valence-corrected chi connectivity index (χ0v) is 10.5. The van der Waals surface area contributed by atoms with E-state index in [1.54, 1.807) is 0 Å². The molecule has 6 nitrogen and oxygen atoms in total. The normalized spacial score (nSPS) is 10.9. The highest BCUT2D eigenvalue weighted by Gasteiger charge is 2.14. The second kappa shape index (κ2) is 5.63. The molecule has 98 valence electrons. The average molecular weight is 270 g/mol. The summed E-state index contributed by atoms with van der Waals surface area (Å²) in [6.45, 7) is 1.34. The Labute approximate surface area is 105 Å². The van der Waals surface area contributed by atoms with Crippen LogP contribution >= 0.6 is 0 Å². The Morgan fingerprint density at radius 1 is 1.22 bits per heavy atom. The predicted molar refractivity (Wildman–Crippen MR) is 62.4 cm³/mol. The summed E-state index contributed by atoms with van der Waals surface area (Å²) in [5, 5.41) is 12.7. The number of carbonyl (C=O) groups is 2. The number of carbonyl (C=O) groups excluding carboxylic acids is 2. The van der Waals surface area contributed by atoms with Gasteiger partial charge in [0.05, 0.1) is 10.6 Å². The third-order valence-corrected chi connectivity index (χ3v) is 3.84. The molecule has 0 bridgehead atoms. The molecule has 0 saturated heterocycles. The minimum absolute atomic E-state index is 0.0119. The van der Waals surface area contributed by atoms with Gasteiger partial charge in [-0.05, 0) is 24.3 Å². The van der Waals surface area contributed by atoms with Gasteiger partial charge >= 0.3 is 0 Å². The molecule has 1 aromatic carbocycles. The summed E-state index contributed by atoms with van der Waals surface area (Å²) in [5.74, 6) is -2.18. The van der Waals surface area contributed by atoms with E-state index in [0.717, 1.165) is 0 Å². The van der Waals surface area contributed by atoms with Crippen molar-refractivity contribution in [1.82, 2.24) is 0 Å². The van der Waals surface area contributed by atoms with E-state index in [-0.39, 0.29) is 10.8 Å². The first-order chi connectivity index (χ1) is 8.31. The van der Waals surface area contributed by atoms with Crippen LogP contribution in [0, 0.1) is 0 Å². The van der Waals surface area contributed by atoms with Crippen molar-refractivity contribution in [2.45, 2.75) is 18.2 Å². The summed E-state index contributed by atoms with van der Waals surface area (Å²) in [4.78, 5) is 21.0. The van der Waals surface area contributed by atoms with Crippen molar-refractivity contribution in [2.75, 3.05) is 11.1 Å². The van der Waals surface area contributed by atoms with Crippen molar-refractivity contribution < 1.29 is 23.1 Å². The molecule has 0 aliphatic heterocycles. The number of nitrogens with one attached hydrogen (secondary N) is 1. The number of anilines is 1. The van der Waals surface area contributed by atoms with Gasteiger partial charge in [0.25, 0.3) is 0 Å². The summed E-state index contributed by atoms with van der Waals surface area (Å²) in [6.07, 6.45) is -0.546. The van der Waals surface area contributed by atoms with Crippen LogP contribution < -0.4 is 10.4 Å². The van der Waals surface area contributed by atoms with E-state index in [1.807, 2.05) is 0 Å². The van der Waals surface area contributed by atoms with Crippen molar-refractivity contribution >= 4 is 27.4 Å². The lowest BCUT2D eigenvalue weighted by Gasteiger charge is -2.06. The molecule has 1 N–H and O–H groups in total. The first-order valence-corrected chi connectivity index (χ1v) is 6.77. The van der Waals surface area contributed by atoms with Gasteiger partial charge in [0.1, 0.15) is 0 Å². The van der Waals surface area contributed by atoms with Crippen molar-refractivity contribution in [2.24, 2.45) is 0 Å². The fourth-order valence-corrected chi connectivity index (χ4v) is 2.51. The molecule has 0 saturated carbocycles. The fourth-order valence-electron chi connectivity index (χ4n) is 1.28. The first kappa shape index (κ1) is 14.2. The lowest BCUT2D eigenvalue weighted by Crippen LogP contribution is -2.25. The maximum absolute atomic E-state index is 11.7. The highest BCUT2D eigenvalue weighted by Crippen LogP contribution is 2.15. The number of aliphatic carboxylic acids is 1. The van der Waals surface area contributed by atoms with E-state index in [9.17, 15) is 23.1 Å². The van der Waals surface area contributed by atoms with Gasteiger partial charge in [-0.1, -0.05) is 0 Å². The van der Waals surface area contributed by atoms with Crippen molar-refractivity contribution in [3.63, 3.8) is 0 Å². The summed E-state index contributed by atoms with van der Waals surface area (Å²) in [7, 11) is -3.63. The largest absolute Gasteiger partial charge is 0.550 e. The third kappa shape index (κ3) is 4.17. The molecule has 0 aliphatic rings. The van der Waals surface area contributed by atoms with Crippen LogP contribution in [0.4, 0.5) is 5.69 Å². The second-order valence-electron chi connectivity index (χ2n) is 3.65. The van der Waals surface area contributed by atoms with Gasteiger partial charge in [0.15, 0.2) is 9.84 Å². The van der Waals surface area contributed by atoms with E-state index >= 15 is 0 Å². The predicted octanol–water partition coefficient (Wildman–Crippen LogP) is -0.441. The number of carboxylic acids is 1. The Kier molecular flexibility index (Phi) is 4.43. The summed E-state index contributed by atoms with van der Waals surface area (Å²) in [5.41, 5.74) is 0.473. The smallest absolute Gasteiger partial charge is 0.221 e. The highest BCUT2D eigenvalue weighted by molar-refractivity contribution is 7.91. The third-order valence-electron chi connectivity index (χ3n) is 2.11. The first-order valence-electron chi connectivity index (χ1n) is 5.11. The number of amides is 1. The zero-order valence-electron chi connectivity index (χ0n) is 9.67. The second-order valence-corrected chi connectivity index (χ2v) is 5.76. The minimum atomic E-state index is -3.63. The van der Waals surface area contributed by atoms with E-state index in [4.69, 9.17) is 0 Å². The number of carboxylic acid groups (broad SMARTS) is 1. The van der Waals surface area contributed by atoms with Gasteiger partial charge in [0.2, 0.25) is 5.91 Å². The Hall–Kier alpha value is -1.89. The van der Waals surface area contributed by atoms with Crippen LogP contribution in [0.2, 0.25) is 0 Å². The molecule has 7 heteroatoms. The lowest BCUT2D eigenvalue weighted by atomic mass is 10.3. The minimum Gasteiger partial charge on any atom is -0.550 e. The monoisotopic (exact) mass is 270 g/mol. The van der Waals surface area contributed by atoms with Crippen LogP contribution in [0.5, 0.6) is 0 Å². The Balaban J connectivity index is 2.84. The van der Waals surface area contributed by atoms with E-state index in [1.165, 1.54) is 31.2 Å². The van der Waals surface area contributed by atoms with Gasteiger partial charge in [-0.25, -0.2) is 8.42 Å². The molecule has 0 aromatic heterocycles. The standard InChI is InChI=1S/C11H13NO5S/c1-8(13)12-9-2-4-10(5-3-9)18(16,17)7-6-11(14)15/h2-5H,6-7H2,1H3,(H,12,13)(H,14,15)/p-1. The fraction of sp³-hybridized carbons (Fsp3) is 0.273. The van der Waals surface area contributed by atoms with Crippen LogP contribution in [-0.4, -0.2) is 26.0 Å². The van der Waals surface area contributed by atoms with Crippen LogP contribution in [0.1, 0.15) is 13.3 Å². The van der Waals surface area contributed by atoms with Crippen LogP contribution in [0.3, 0.4) is 0 Å². The molecule has 0 heterocycles. The molecule has 18 heavy (non-hydrogen) atoms. The molecule has 1 rings (SSSR count). The maximum Gasteiger partial charge on any atom is 0.221 e. The molecule has 0 unspecified atom stereocenters. The van der Waals surface area contributed by atoms with Crippen molar-refractivity contribution in [1.29, 1.82) is 0 Å². The Morgan fingerprint density at radius 2 is 1.78 bits per heavy atom. The lowest BCUT2D eigenvalue weighted by molar-refractivity contribution is -0.305. The highest BCUT2D eigenvalue weighted by atomic mass is 32.2. The molecule has 0 spiro atoms. The number of sulfone groups is 1. The molecule has 0 atom stereocenters. The molecule has 0 radical (unpaired) electrons. The molecular weight excluding hydrogens is 258 g/mol. The van der Waals surface area contributed by atoms with Crippen LogP contribution in [-0.2, 0) is 19.4 Å². The number of benzene rings is 1. The van der Waals surface area contributed by atoms with E-state index < -0.39 is 28.0 Å². The SMILES string of the molecule is CC(=O)Nc1ccc(S(=O)(=O)CCC(=O)[O-])cc1. The Morgan fingerprint density at radius 3 is 2.22 bits per heavy atom. The van der Waals surface area contributed by atoms with Gasteiger partial charge in [-0.2, -0.15) is 0 Å². The van der Waals surface area contributed by atoms with Gasteiger partial charge < -0.3 is 15.2 Å². The van der Waals surface area contributed by atoms with Gasteiger partial charge in [-0.15, -0.1) is 0 Å². The summed E-state index contributed by atoms with van der Waals surface area (Å²) >= 11 is 0. The topological polar surface area (TPSA) is 103 Å². The molecule has 0 aliphatic carbocycles. The van der Waals surface area contributed by atoms with E-state index in [0.29, 0.717) is 5.69 Å². The van der Waals surface area contributed by atoms with Crippen LogP contribution in [0.15, 0.2) is 29.2 Å². The van der Waals surface area contributed by atoms with Gasteiger partial charge in [0, 0.05) is 25.0 Å². The number of rotatable bonds is 5. The summed E-state index contributed by atoms with van der Waals surface area (Å²) < 4.78 is 23.4. The molecule has 1 aromatic rings. The molecule has 1 amide bonds. The number of hydrogen-bond donors (Lipinski definition) is 1. The molecule has 0 fully saturated rings. The van der Waals surface area contributed by atoms with Crippen LogP contribution in [0.25, 0.3) is 0 Å².